The molecule has 2 N–H and O–H groups in total. The van der Waals surface area contributed by atoms with E-state index in [-0.39, 0.29) is 11.9 Å². The zero-order valence-corrected chi connectivity index (χ0v) is 17.5. The lowest BCUT2D eigenvalue weighted by Gasteiger charge is -2.32. The van der Waals surface area contributed by atoms with Crippen molar-refractivity contribution in [2.45, 2.75) is 39.2 Å². The van der Waals surface area contributed by atoms with Crippen LogP contribution in [0.1, 0.15) is 36.8 Å². The smallest absolute Gasteiger partial charge is 0.321 e. The molecule has 3 amide bonds. The number of anilines is 1. The van der Waals surface area contributed by atoms with Crippen LogP contribution in [0.4, 0.5) is 10.5 Å². The molecule has 0 saturated carbocycles. The first kappa shape index (κ1) is 21.2. The van der Waals surface area contributed by atoms with Crippen LogP contribution in [-0.4, -0.2) is 29.9 Å². The van der Waals surface area contributed by atoms with E-state index in [4.69, 9.17) is 11.6 Å². The molecule has 0 spiro atoms. The Morgan fingerprint density at radius 3 is 2.72 bits per heavy atom. The lowest BCUT2D eigenvalue weighted by Crippen LogP contribution is -2.42. The molecule has 29 heavy (non-hydrogen) atoms. The van der Waals surface area contributed by atoms with E-state index >= 15 is 0 Å². The molecular weight excluding hydrogens is 386 g/mol. The van der Waals surface area contributed by atoms with Crippen LogP contribution in [-0.2, 0) is 11.3 Å². The molecule has 154 valence electrons. The predicted molar refractivity (Wildman–Crippen MR) is 117 cm³/mol. The number of urea groups is 1. The number of nitrogens with one attached hydrogen (secondary N) is 2. The number of benzene rings is 2. The Kier molecular flexibility index (Phi) is 7.53. The van der Waals surface area contributed by atoms with Crippen LogP contribution in [0.5, 0.6) is 0 Å². The van der Waals surface area contributed by atoms with E-state index in [9.17, 15) is 9.59 Å². The first-order valence-corrected chi connectivity index (χ1v) is 10.5. The number of carbonyl (C=O) groups is 2. The van der Waals surface area contributed by atoms with E-state index < -0.39 is 0 Å². The molecule has 6 heteroatoms. The summed E-state index contributed by atoms with van der Waals surface area (Å²) in [5.41, 5.74) is 2.96. The number of piperidine rings is 1. The largest absolute Gasteiger partial charge is 0.352 e. The van der Waals surface area contributed by atoms with Crippen LogP contribution in [0, 0.1) is 12.8 Å². The predicted octanol–water partition coefficient (Wildman–Crippen LogP) is 4.99. The molecule has 0 aromatic heterocycles. The normalized spacial score (nSPS) is 16.3. The Hall–Kier alpha value is -2.53. The van der Waals surface area contributed by atoms with E-state index in [1.54, 1.807) is 0 Å². The van der Waals surface area contributed by atoms with E-state index in [0.29, 0.717) is 30.5 Å². The minimum absolute atomic E-state index is 0.0335. The van der Waals surface area contributed by atoms with E-state index in [2.05, 4.69) is 10.6 Å². The maximum absolute atomic E-state index is 12.5. The van der Waals surface area contributed by atoms with Gasteiger partial charge in [0.1, 0.15) is 0 Å². The molecule has 1 unspecified atom stereocenters. The van der Waals surface area contributed by atoms with Crippen LogP contribution in [0.15, 0.2) is 48.5 Å². The molecule has 2 aromatic carbocycles. The Bertz CT molecular complexity index is 838. The maximum atomic E-state index is 12.5. The Morgan fingerprint density at radius 1 is 1.17 bits per heavy atom. The molecule has 1 atom stereocenters. The first-order valence-electron chi connectivity index (χ1n) is 10.1. The van der Waals surface area contributed by atoms with Crippen molar-refractivity contribution < 1.29 is 9.59 Å². The van der Waals surface area contributed by atoms with E-state index in [1.807, 2.05) is 60.4 Å². The van der Waals surface area contributed by atoms with Crippen molar-refractivity contribution in [1.29, 1.82) is 0 Å². The SMILES string of the molecule is Cc1ccc(NC(=O)N2CCCC(CCC(=O)NCc3cccc(Cl)c3)C2)cc1. The fourth-order valence-electron chi connectivity index (χ4n) is 3.60. The number of aryl methyl sites for hydroxylation is 1. The monoisotopic (exact) mass is 413 g/mol. The van der Waals surface area contributed by atoms with Gasteiger partial charge in [0.15, 0.2) is 0 Å². The van der Waals surface area contributed by atoms with Gasteiger partial charge in [0.2, 0.25) is 5.91 Å². The summed E-state index contributed by atoms with van der Waals surface area (Å²) < 4.78 is 0. The number of rotatable bonds is 6. The first-order chi connectivity index (χ1) is 14.0. The molecule has 3 rings (SSSR count). The van der Waals surface area contributed by atoms with Crippen LogP contribution >= 0.6 is 11.6 Å². The van der Waals surface area contributed by atoms with Gasteiger partial charge in [-0.1, -0.05) is 41.4 Å². The number of hydrogen-bond donors (Lipinski definition) is 2. The number of hydrogen-bond acceptors (Lipinski definition) is 2. The summed E-state index contributed by atoms with van der Waals surface area (Å²) in [4.78, 5) is 26.6. The number of halogens is 1. The highest BCUT2D eigenvalue weighted by atomic mass is 35.5. The molecule has 0 radical (unpaired) electrons. The summed E-state index contributed by atoms with van der Waals surface area (Å²) in [5.74, 6) is 0.385. The standard InChI is InChI=1S/C23H28ClN3O2/c1-17-7-10-21(11-8-17)26-23(29)27-13-3-5-18(16-27)9-12-22(28)25-15-19-4-2-6-20(24)14-19/h2,4,6-8,10-11,14,18H,3,5,9,12-13,15-16H2,1H3,(H,25,28)(H,26,29). The van der Waals surface area contributed by atoms with Crippen molar-refractivity contribution in [3.63, 3.8) is 0 Å². The quantitative estimate of drug-likeness (QED) is 0.700. The minimum Gasteiger partial charge on any atom is -0.352 e. The number of likely N-dealkylation sites (tertiary alicyclic amines) is 1. The van der Waals surface area contributed by atoms with E-state index in [1.165, 1.54) is 0 Å². The third kappa shape index (κ3) is 6.79. The van der Waals surface area contributed by atoms with Crippen molar-refractivity contribution >= 4 is 29.2 Å². The van der Waals surface area contributed by atoms with Crippen LogP contribution < -0.4 is 10.6 Å². The van der Waals surface area contributed by atoms with Gasteiger partial charge in [-0.3, -0.25) is 4.79 Å². The molecule has 1 fully saturated rings. The second kappa shape index (κ2) is 10.3. The third-order valence-corrected chi connectivity index (χ3v) is 5.50. The van der Waals surface area contributed by atoms with Gasteiger partial charge in [0.05, 0.1) is 0 Å². The number of amides is 3. The Labute approximate surface area is 177 Å². The van der Waals surface area contributed by atoms with Gasteiger partial charge in [0.25, 0.3) is 0 Å². The summed E-state index contributed by atoms with van der Waals surface area (Å²) in [6, 6.07) is 15.2. The number of carbonyl (C=O) groups excluding carboxylic acids is 2. The second-order valence-corrected chi connectivity index (χ2v) is 8.13. The fraction of sp³-hybridized carbons (Fsp3) is 0.391. The zero-order valence-electron chi connectivity index (χ0n) is 16.8. The molecular formula is C23H28ClN3O2. The van der Waals surface area contributed by atoms with Gasteiger partial charge >= 0.3 is 6.03 Å². The van der Waals surface area contributed by atoms with E-state index in [0.717, 1.165) is 42.6 Å². The Balaban J connectivity index is 1.41. The molecule has 5 nitrogen and oxygen atoms in total. The summed E-state index contributed by atoms with van der Waals surface area (Å²) in [5, 5.41) is 6.58. The van der Waals surface area contributed by atoms with Gasteiger partial charge < -0.3 is 15.5 Å². The number of nitrogens with zero attached hydrogens (tertiary/aromatic N) is 1. The van der Waals surface area contributed by atoms with Gasteiger partial charge in [-0.15, -0.1) is 0 Å². The fourth-order valence-corrected chi connectivity index (χ4v) is 3.81. The van der Waals surface area contributed by atoms with Crippen molar-refractivity contribution in [2.75, 3.05) is 18.4 Å². The van der Waals surface area contributed by atoms with Gasteiger partial charge in [-0.2, -0.15) is 0 Å². The average Bonchev–Trinajstić information content (AvgIpc) is 2.72. The molecule has 1 saturated heterocycles. The zero-order chi connectivity index (χ0) is 20.6. The lowest BCUT2D eigenvalue weighted by molar-refractivity contribution is -0.121. The van der Waals surface area contributed by atoms with Crippen molar-refractivity contribution in [1.82, 2.24) is 10.2 Å². The maximum Gasteiger partial charge on any atom is 0.321 e. The molecule has 0 aliphatic carbocycles. The highest BCUT2D eigenvalue weighted by Crippen LogP contribution is 2.22. The summed E-state index contributed by atoms with van der Waals surface area (Å²) in [6.45, 7) is 3.95. The van der Waals surface area contributed by atoms with Crippen LogP contribution in [0.2, 0.25) is 5.02 Å². The summed E-state index contributed by atoms with van der Waals surface area (Å²) in [6.07, 6.45) is 3.28. The van der Waals surface area contributed by atoms with Crippen LogP contribution in [0.3, 0.4) is 0 Å². The molecule has 1 aliphatic rings. The third-order valence-electron chi connectivity index (χ3n) is 5.27. The summed E-state index contributed by atoms with van der Waals surface area (Å²) >= 11 is 5.97. The molecule has 0 bridgehead atoms. The average molecular weight is 414 g/mol. The lowest BCUT2D eigenvalue weighted by atomic mass is 9.93. The van der Waals surface area contributed by atoms with Gasteiger partial charge in [-0.25, -0.2) is 4.79 Å². The van der Waals surface area contributed by atoms with Gasteiger partial charge in [-0.05, 0) is 61.9 Å². The van der Waals surface area contributed by atoms with Crippen molar-refractivity contribution in [3.8, 4) is 0 Å². The molecule has 1 aliphatic heterocycles. The topological polar surface area (TPSA) is 61.4 Å². The van der Waals surface area contributed by atoms with Gasteiger partial charge in [0, 0.05) is 36.8 Å². The minimum atomic E-state index is -0.0658. The summed E-state index contributed by atoms with van der Waals surface area (Å²) in [7, 11) is 0. The molecule has 2 aromatic rings. The van der Waals surface area contributed by atoms with Crippen molar-refractivity contribution in [3.05, 3.63) is 64.7 Å². The Morgan fingerprint density at radius 2 is 1.97 bits per heavy atom. The van der Waals surface area contributed by atoms with Crippen LogP contribution in [0.25, 0.3) is 0 Å². The second-order valence-electron chi connectivity index (χ2n) is 7.70. The van der Waals surface area contributed by atoms with Crippen molar-refractivity contribution in [2.24, 2.45) is 5.92 Å². The highest BCUT2D eigenvalue weighted by Gasteiger charge is 2.24. The molecule has 1 heterocycles. The highest BCUT2D eigenvalue weighted by molar-refractivity contribution is 6.30.